The van der Waals surface area contributed by atoms with Crippen LogP contribution < -0.4 is 5.73 Å². The van der Waals surface area contributed by atoms with Crippen LogP contribution in [0, 0.1) is 5.92 Å². The molecule has 1 saturated heterocycles. The number of aromatic nitrogens is 4. The first-order chi connectivity index (χ1) is 12.4. The van der Waals surface area contributed by atoms with Crippen LogP contribution in [0.1, 0.15) is 20.1 Å². The molecule has 4 atom stereocenters. The number of fused-ring (bicyclic) bond motifs is 1. The zero-order valence-corrected chi connectivity index (χ0v) is 15.3. The first-order valence-electron chi connectivity index (χ1n) is 8.13. The molecule has 2 aromatic heterocycles. The number of aromatic hydroxyl groups is 1. The molecule has 0 spiro atoms. The summed E-state index contributed by atoms with van der Waals surface area (Å²) in [6, 6.07) is 6.91. The minimum atomic E-state index is -0.494. The Bertz CT molecular complexity index is 882. The molecule has 0 bridgehead atoms. The van der Waals surface area contributed by atoms with Crippen molar-refractivity contribution in [2.45, 2.75) is 37.2 Å². The van der Waals surface area contributed by atoms with Gasteiger partial charge in [0.25, 0.3) is 0 Å². The maximum absolute atomic E-state index is 9.95. The minimum Gasteiger partial charge on any atom is -0.507 e. The number of ether oxygens (including phenoxy) is 1. The lowest BCUT2D eigenvalue weighted by molar-refractivity contribution is -0.00993. The number of hydrogen-bond acceptors (Lipinski definition) is 8. The number of phenolic OH excluding ortho intramolecular Hbond substituents is 1. The lowest BCUT2D eigenvalue weighted by atomic mass is 10.0. The van der Waals surface area contributed by atoms with Gasteiger partial charge in [0.15, 0.2) is 11.5 Å². The van der Waals surface area contributed by atoms with Crippen molar-refractivity contribution in [3.05, 3.63) is 36.9 Å². The third-order valence-electron chi connectivity index (χ3n) is 4.37. The zero-order valence-electron chi connectivity index (χ0n) is 14.4. The lowest BCUT2D eigenvalue weighted by Gasteiger charge is -2.17. The third kappa shape index (κ3) is 3.46. The van der Waals surface area contributed by atoms with Gasteiger partial charge in [-0.3, -0.25) is 4.57 Å². The molecule has 1 fully saturated rings. The van der Waals surface area contributed by atoms with Gasteiger partial charge in [-0.15, -0.1) is 12.6 Å². The Balaban J connectivity index is 0.000000206. The van der Waals surface area contributed by atoms with Gasteiger partial charge in [0.05, 0.1) is 18.5 Å². The van der Waals surface area contributed by atoms with E-state index in [2.05, 4.69) is 27.6 Å². The normalized spacial score (nSPS) is 25.1. The second kappa shape index (κ2) is 7.48. The Kier molecular flexibility index (Phi) is 5.30. The number of aliphatic hydroxyl groups excluding tert-OH is 1. The number of hydrogen-bond donors (Lipinski definition) is 4. The summed E-state index contributed by atoms with van der Waals surface area (Å²) in [7, 11) is 0. The highest BCUT2D eigenvalue weighted by atomic mass is 32.1. The molecule has 0 saturated carbocycles. The number of nitrogens with two attached hydrogens (primary N) is 1. The fourth-order valence-electron chi connectivity index (χ4n) is 2.86. The van der Waals surface area contributed by atoms with Crippen molar-refractivity contribution < 1.29 is 14.9 Å². The molecule has 26 heavy (non-hydrogen) atoms. The number of anilines is 1. The SMILES string of the molecule is CC1O[C@@H](n2cnc3c(N)ncnc32)[C@H](C)[C@@H]1O.Oc1ccccc1S. The van der Waals surface area contributed by atoms with Gasteiger partial charge >= 0.3 is 0 Å². The van der Waals surface area contributed by atoms with Crippen molar-refractivity contribution in [3.63, 3.8) is 0 Å². The average Bonchev–Trinajstić information content (AvgIpc) is 3.16. The number of aliphatic hydroxyl groups is 1. The lowest BCUT2D eigenvalue weighted by Crippen LogP contribution is -2.22. The molecule has 8 nitrogen and oxygen atoms in total. The van der Waals surface area contributed by atoms with Crippen molar-refractivity contribution in [2.24, 2.45) is 5.92 Å². The van der Waals surface area contributed by atoms with E-state index < -0.39 is 6.10 Å². The number of nitrogen functional groups attached to an aromatic ring is 1. The number of benzene rings is 1. The van der Waals surface area contributed by atoms with E-state index in [1.54, 1.807) is 29.1 Å². The molecule has 4 N–H and O–H groups in total. The molecule has 1 aliphatic heterocycles. The number of thiol groups is 1. The van der Waals surface area contributed by atoms with Crippen LogP contribution in [0.3, 0.4) is 0 Å². The van der Waals surface area contributed by atoms with Crippen LogP contribution in [0.5, 0.6) is 5.75 Å². The van der Waals surface area contributed by atoms with Gasteiger partial charge in [-0.25, -0.2) is 15.0 Å². The quantitative estimate of drug-likeness (QED) is 0.480. The highest BCUT2D eigenvalue weighted by Crippen LogP contribution is 2.35. The number of phenols is 1. The predicted molar refractivity (Wildman–Crippen MR) is 99.8 cm³/mol. The second-order valence-electron chi connectivity index (χ2n) is 6.15. The Morgan fingerprint density at radius 1 is 1.19 bits per heavy atom. The molecular weight excluding hydrogens is 354 g/mol. The summed E-state index contributed by atoms with van der Waals surface area (Å²) in [6.07, 6.45) is 2.04. The third-order valence-corrected chi connectivity index (χ3v) is 4.74. The molecule has 138 valence electrons. The van der Waals surface area contributed by atoms with Crippen LogP contribution in [-0.4, -0.2) is 41.9 Å². The summed E-state index contributed by atoms with van der Waals surface area (Å²) in [6.45, 7) is 3.79. The molecule has 0 amide bonds. The van der Waals surface area contributed by atoms with Gasteiger partial charge in [-0.05, 0) is 19.1 Å². The summed E-state index contributed by atoms with van der Waals surface area (Å²) in [4.78, 5) is 12.9. The highest BCUT2D eigenvalue weighted by molar-refractivity contribution is 7.80. The van der Waals surface area contributed by atoms with Crippen LogP contribution in [-0.2, 0) is 4.74 Å². The molecule has 3 aromatic rings. The molecule has 9 heteroatoms. The minimum absolute atomic E-state index is 0.0337. The van der Waals surface area contributed by atoms with E-state index in [0.717, 1.165) is 0 Å². The predicted octanol–water partition coefficient (Wildman–Crippen LogP) is 2.00. The first-order valence-corrected chi connectivity index (χ1v) is 8.58. The van der Waals surface area contributed by atoms with Crippen molar-refractivity contribution in [3.8, 4) is 5.75 Å². The molecule has 3 heterocycles. The van der Waals surface area contributed by atoms with Gasteiger partial charge in [0.1, 0.15) is 23.8 Å². The molecule has 0 aliphatic carbocycles. The first kappa shape index (κ1) is 18.4. The maximum atomic E-state index is 9.95. The Morgan fingerprint density at radius 2 is 1.92 bits per heavy atom. The van der Waals surface area contributed by atoms with Gasteiger partial charge in [-0.2, -0.15) is 0 Å². The van der Waals surface area contributed by atoms with E-state index in [-0.39, 0.29) is 24.0 Å². The number of nitrogens with zero attached hydrogens (tertiary/aromatic N) is 4. The van der Waals surface area contributed by atoms with Crippen molar-refractivity contribution in [1.29, 1.82) is 0 Å². The topological polar surface area (TPSA) is 119 Å². The zero-order chi connectivity index (χ0) is 18.8. The van der Waals surface area contributed by atoms with Gasteiger partial charge < -0.3 is 20.7 Å². The fourth-order valence-corrected chi connectivity index (χ4v) is 3.02. The highest BCUT2D eigenvalue weighted by Gasteiger charge is 2.40. The molecule has 1 unspecified atom stereocenters. The summed E-state index contributed by atoms with van der Waals surface area (Å²) >= 11 is 3.95. The van der Waals surface area contributed by atoms with E-state index in [9.17, 15) is 5.11 Å². The van der Waals surface area contributed by atoms with E-state index in [1.807, 2.05) is 19.9 Å². The standard InChI is InChI=1S/C11H15N5O2.C6H6OS/c1-5-8(17)6(2)18-11(5)16-4-15-7-9(12)13-3-14-10(7)16;7-5-3-1-2-4-6(5)8/h3-6,8,11,17H,1-2H3,(H2,12,13,14);1-4,7-8H/t5-,6?,8+,11-;/m1./s1. The second-order valence-corrected chi connectivity index (χ2v) is 6.63. The molecule has 4 rings (SSSR count). The Hall–Kier alpha value is -2.36. The number of para-hydroxylation sites is 1. The van der Waals surface area contributed by atoms with Crippen LogP contribution in [0.4, 0.5) is 5.82 Å². The maximum Gasteiger partial charge on any atom is 0.167 e. The van der Waals surface area contributed by atoms with Crippen molar-refractivity contribution >= 4 is 29.6 Å². The largest absolute Gasteiger partial charge is 0.507 e. The summed E-state index contributed by atoms with van der Waals surface area (Å²) in [5.74, 6) is 0.544. The number of rotatable bonds is 1. The van der Waals surface area contributed by atoms with Gasteiger partial charge in [0, 0.05) is 10.8 Å². The monoisotopic (exact) mass is 375 g/mol. The van der Waals surface area contributed by atoms with Crippen LogP contribution in [0.15, 0.2) is 41.8 Å². The summed E-state index contributed by atoms with van der Waals surface area (Å²) < 4.78 is 7.55. The van der Waals surface area contributed by atoms with E-state index in [1.165, 1.54) is 6.33 Å². The Labute approximate surface area is 156 Å². The van der Waals surface area contributed by atoms with Crippen LogP contribution in [0.2, 0.25) is 0 Å². The molecule has 1 aliphatic rings. The summed E-state index contributed by atoms with van der Waals surface area (Å²) in [5, 5.41) is 18.8. The van der Waals surface area contributed by atoms with Crippen LogP contribution in [0.25, 0.3) is 11.2 Å². The molecule has 0 radical (unpaired) electrons. The van der Waals surface area contributed by atoms with E-state index >= 15 is 0 Å². The van der Waals surface area contributed by atoms with Crippen LogP contribution >= 0.6 is 12.6 Å². The molecular formula is C17H21N5O3S. The van der Waals surface area contributed by atoms with Crippen molar-refractivity contribution in [2.75, 3.05) is 5.73 Å². The Morgan fingerprint density at radius 3 is 2.50 bits per heavy atom. The molecule has 1 aromatic carbocycles. The summed E-state index contributed by atoms with van der Waals surface area (Å²) in [5.41, 5.74) is 6.92. The fraction of sp³-hybridized carbons (Fsp3) is 0.353. The number of imidazole rings is 1. The average molecular weight is 375 g/mol. The van der Waals surface area contributed by atoms with Gasteiger partial charge in [0.2, 0.25) is 0 Å². The van der Waals surface area contributed by atoms with Crippen molar-refractivity contribution in [1.82, 2.24) is 19.5 Å². The van der Waals surface area contributed by atoms with E-state index in [0.29, 0.717) is 21.9 Å². The smallest absolute Gasteiger partial charge is 0.167 e. The van der Waals surface area contributed by atoms with Gasteiger partial charge in [-0.1, -0.05) is 19.1 Å². The van der Waals surface area contributed by atoms with E-state index in [4.69, 9.17) is 15.6 Å².